The number of aliphatic hydroxyl groups excluding tert-OH is 1. The summed E-state index contributed by atoms with van der Waals surface area (Å²) in [7, 11) is 0. The smallest absolute Gasteiger partial charge is 0.404 e. The zero-order chi connectivity index (χ0) is 11.8. The third kappa shape index (κ3) is 8.27. The molecule has 0 rings (SSSR count). The number of halogens is 1. The van der Waals surface area contributed by atoms with E-state index in [0.29, 0.717) is 25.8 Å². The minimum absolute atomic E-state index is 0. The van der Waals surface area contributed by atoms with Gasteiger partial charge in [-0.05, 0) is 12.8 Å². The fraction of sp³-hybridized carbons (Fsp3) is 0.750. The molecule has 0 fully saturated rings. The molecule has 0 aromatic rings. The van der Waals surface area contributed by atoms with Crippen LogP contribution in [-0.2, 0) is 4.79 Å². The number of hydrogen-bond donors (Lipinski definition) is 5. The minimum Gasteiger partial charge on any atom is -0.465 e. The maximum absolute atomic E-state index is 10.5. The molecule has 0 saturated carbocycles. The van der Waals surface area contributed by atoms with Gasteiger partial charge in [0.15, 0.2) is 0 Å². The van der Waals surface area contributed by atoms with Crippen LogP contribution in [0.2, 0.25) is 0 Å². The van der Waals surface area contributed by atoms with Crippen LogP contribution in [0.25, 0.3) is 0 Å². The van der Waals surface area contributed by atoms with Crippen molar-refractivity contribution in [3.63, 3.8) is 0 Å². The van der Waals surface area contributed by atoms with Gasteiger partial charge in [0.2, 0.25) is 5.91 Å². The normalized spacial score (nSPS) is 13.4. The maximum atomic E-state index is 10.5. The van der Waals surface area contributed by atoms with Gasteiger partial charge in [-0.3, -0.25) is 4.79 Å². The van der Waals surface area contributed by atoms with Crippen molar-refractivity contribution in [2.24, 2.45) is 11.5 Å². The summed E-state index contributed by atoms with van der Waals surface area (Å²) in [6, 6.07) is -0.688. The van der Waals surface area contributed by atoms with Gasteiger partial charge in [0.1, 0.15) is 6.10 Å². The number of unbranched alkanes of at least 4 members (excludes halogenated alkanes) is 1. The Morgan fingerprint density at radius 2 is 1.88 bits per heavy atom. The third-order valence-corrected chi connectivity index (χ3v) is 1.94. The lowest BCUT2D eigenvalue weighted by atomic mass is 10.0. The van der Waals surface area contributed by atoms with Gasteiger partial charge in [0.05, 0.1) is 0 Å². The van der Waals surface area contributed by atoms with Crippen molar-refractivity contribution in [1.82, 2.24) is 5.32 Å². The molecular weight excluding hydrogens is 238 g/mol. The van der Waals surface area contributed by atoms with Gasteiger partial charge in [-0.15, -0.1) is 12.4 Å². The van der Waals surface area contributed by atoms with E-state index in [9.17, 15) is 9.59 Å². The quantitative estimate of drug-likeness (QED) is 0.372. The number of carbonyl (C=O) groups excluding carboxylic acids is 1. The highest BCUT2D eigenvalue weighted by atomic mass is 35.5. The predicted molar refractivity (Wildman–Crippen MR) is 60.3 cm³/mol. The molecule has 0 aliphatic carbocycles. The standard InChI is InChI=1S/C8H17N3O4.ClH/c9-5(6(12)7(10)13)3-1-2-4-11-8(14)15;/h5-6,11-12H,1-4,9H2,(H2,10,13)(H,14,15);1H. The van der Waals surface area contributed by atoms with Crippen LogP contribution in [0.15, 0.2) is 0 Å². The highest BCUT2D eigenvalue weighted by Gasteiger charge is 2.19. The Morgan fingerprint density at radius 3 is 2.31 bits per heavy atom. The summed E-state index contributed by atoms with van der Waals surface area (Å²) in [5, 5.41) is 19.6. The Labute approximate surface area is 99.6 Å². The summed E-state index contributed by atoms with van der Waals surface area (Å²) in [6.07, 6.45) is -0.767. The summed E-state index contributed by atoms with van der Waals surface area (Å²) in [6.45, 7) is 0.328. The molecule has 0 radical (unpaired) electrons. The van der Waals surface area contributed by atoms with Crippen LogP contribution in [0, 0.1) is 0 Å². The molecule has 2 atom stereocenters. The first kappa shape index (κ1) is 17.3. The molecule has 8 heteroatoms. The van der Waals surface area contributed by atoms with Gasteiger partial charge in [0, 0.05) is 12.6 Å². The summed E-state index contributed by atoms with van der Waals surface area (Å²) >= 11 is 0. The van der Waals surface area contributed by atoms with Crippen molar-refractivity contribution in [1.29, 1.82) is 0 Å². The van der Waals surface area contributed by atoms with E-state index in [4.69, 9.17) is 21.7 Å². The molecule has 16 heavy (non-hydrogen) atoms. The van der Waals surface area contributed by atoms with Gasteiger partial charge < -0.3 is 27.0 Å². The van der Waals surface area contributed by atoms with Crippen LogP contribution in [0.1, 0.15) is 19.3 Å². The molecule has 7 nitrogen and oxygen atoms in total. The lowest BCUT2D eigenvalue weighted by molar-refractivity contribution is -0.127. The first-order chi connectivity index (χ1) is 6.95. The number of hydrogen-bond acceptors (Lipinski definition) is 4. The number of carboxylic acid groups (broad SMARTS) is 1. The van der Waals surface area contributed by atoms with Crippen LogP contribution < -0.4 is 16.8 Å². The van der Waals surface area contributed by atoms with Gasteiger partial charge in [0.25, 0.3) is 0 Å². The van der Waals surface area contributed by atoms with E-state index in [2.05, 4.69) is 5.32 Å². The van der Waals surface area contributed by atoms with Gasteiger partial charge in [-0.25, -0.2) is 4.79 Å². The molecule has 0 saturated heterocycles. The first-order valence-corrected chi connectivity index (χ1v) is 4.65. The fourth-order valence-corrected chi connectivity index (χ4v) is 1.07. The van der Waals surface area contributed by atoms with Crippen molar-refractivity contribution in [3.05, 3.63) is 0 Å². The Kier molecular flexibility index (Phi) is 9.97. The minimum atomic E-state index is -1.34. The number of rotatable bonds is 7. The Bertz CT molecular complexity index is 227. The molecule has 0 aromatic heterocycles. The van der Waals surface area contributed by atoms with E-state index in [-0.39, 0.29) is 12.4 Å². The second kappa shape index (κ2) is 9.20. The summed E-state index contributed by atoms with van der Waals surface area (Å²) in [4.78, 5) is 20.6. The third-order valence-electron chi connectivity index (χ3n) is 1.94. The zero-order valence-corrected chi connectivity index (χ0v) is 9.57. The van der Waals surface area contributed by atoms with Crippen molar-refractivity contribution >= 4 is 24.4 Å². The van der Waals surface area contributed by atoms with Crippen molar-refractivity contribution in [3.8, 4) is 0 Å². The molecule has 2 unspecified atom stereocenters. The van der Waals surface area contributed by atoms with E-state index in [1.54, 1.807) is 0 Å². The second-order valence-corrected chi connectivity index (χ2v) is 3.24. The molecule has 0 heterocycles. The largest absolute Gasteiger partial charge is 0.465 e. The lowest BCUT2D eigenvalue weighted by Crippen LogP contribution is -2.44. The molecule has 0 bridgehead atoms. The average Bonchev–Trinajstić information content (AvgIpc) is 2.15. The van der Waals surface area contributed by atoms with E-state index in [0.717, 1.165) is 0 Å². The SMILES string of the molecule is Cl.NC(=O)C(O)C(N)CCCCNC(=O)O. The maximum Gasteiger partial charge on any atom is 0.404 e. The Balaban J connectivity index is 0. The summed E-state index contributed by atoms with van der Waals surface area (Å²) in [5.74, 6) is -0.842. The van der Waals surface area contributed by atoms with Gasteiger partial charge in [-0.1, -0.05) is 6.42 Å². The average molecular weight is 256 g/mol. The highest BCUT2D eigenvalue weighted by molar-refractivity contribution is 5.85. The number of aliphatic hydroxyl groups is 1. The summed E-state index contributed by atoms with van der Waals surface area (Å²) < 4.78 is 0. The van der Waals surface area contributed by atoms with E-state index >= 15 is 0 Å². The molecule has 0 spiro atoms. The molecule has 0 aliphatic rings. The molecular formula is C8H18ClN3O4. The van der Waals surface area contributed by atoms with Crippen LogP contribution in [-0.4, -0.2) is 40.9 Å². The lowest BCUT2D eigenvalue weighted by Gasteiger charge is -2.15. The zero-order valence-electron chi connectivity index (χ0n) is 8.76. The number of primary amides is 1. The van der Waals surface area contributed by atoms with Crippen molar-refractivity contribution < 1.29 is 19.8 Å². The number of amides is 2. The highest BCUT2D eigenvalue weighted by Crippen LogP contribution is 2.02. The van der Waals surface area contributed by atoms with E-state index in [1.807, 2.05) is 0 Å². The second-order valence-electron chi connectivity index (χ2n) is 3.24. The summed E-state index contributed by atoms with van der Waals surface area (Å²) in [5.41, 5.74) is 10.3. The number of nitrogens with one attached hydrogen (secondary N) is 1. The molecule has 7 N–H and O–H groups in total. The molecule has 0 aliphatic heterocycles. The van der Waals surface area contributed by atoms with Crippen molar-refractivity contribution in [2.75, 3.05) is 6.54 Å². The van der Waals surface area contributed by atoms with Gasteiger partial charge >= 0.3 is 6.09 Å². The molecule has 0 aromatic carbocycles. The van der Waals surface area contributed by atoms with Gasteiger partial charge in [-0.2, -0.15) is 0 Å². The topological polar surface area (TPSA) is 139 Å². The number of nitrogens with two attached hydrogens (primary N) is 2. The van der Waals surface area contributed by atoms with Crippen molar-refractivity contribution in [2.45, 2.75) is 31.4 Å². The monoisotopic (exact) mass is 255 g/mol. The first-order valence-electron chi connectivity index (χ1n) is 4.65. The molecule has 2 amide bonds. The number of carbonyl (C=O) groups is 2. The van der Waals surface area contributed by atoms with Crippen LogP contribution in [0.5, 0.6) is 0 Å². The predicted octanol–water partition coefficient (Wildman–Crippen LogP) is -0.980. The molecule has 96 valence electrons. The Morgan fingerprint density at radius 1 is 1.31 bits per heavy atom. The Hall–Kier alpha value is -1.05. The van der Waals surface area contributed by atoms with Crippen LogP contribution in [0.4, 0.5) is 4.79 Å². The van der Waals surface area contributed by atoms with Crippen LogP contribution in [0.3, 0.4) is 0 Å². The van der Waals surface area contributed by atoms with E-state index < -0.39 is 24.1 Å². The van der Waals surface area contributed by atoms with E-state index in [1.165, 1.54) is 0 Å². The fourth-order valence-electron chi connectivity index (χ4n) is 1.07. The van der Waals surface area contributed by atoms with Crippen LogP contribution >= 0.6 is 12.4 Å².